The summed E-state index contributed by atoms with van der Waals surface area (Å²) in [7, 11) is 0. The molecule has 0 spiro atoms. The molecular formula is C18H20N4O2S3. The SMILES string of the molecule is C[C@H](SC(=S)N1C[C@H]2C[C@@H](C1)c1cccc(=O)n1C2)C(=O)Nc1nccs1. The van der Waals surface area contributed by atoms with Gasteiger partial charge in [0.2, 0.25) is 5.91 Å². The molecule has 1 N–H and O–H groups in total. The fraction of sp³-hybridized carbons (Fsp3) is 0.444. The number of hydrogen-bond donors (Lipinski definition) is 1. The highest BCUT2D eigenvalue weighted by molar-refractivity contribution is 8.23. The van der Waals surface area contributed by atoms with Gasteiger partial charge in [-0.3, -0.25) is 9.59 Å². The van der Waals surface area contributed by atoms with Crippen LogP contribution in [-0.4, -0.2) is 43.0 Å². The van der Waals surface area contributed by atoms with E-state index in [9.17, 15) is 9.59 Å². The van der Waals surface area contributed by atoms with E-state index in [4.69, 9.17) is 12.2 Å². The molecule has 4 heterocycles. The number of rotatable bonds is 3. The smallest absolute Gasteiger partial charge is 0.250 e. The van der Waals surface area contributed by atoms with E-state index >= 15 is 0 Å². The van der Waals surface area contributed by atoms with Crippen LogP contribution >= 0.6 is 35.3 Å². The number of amides is 1. The van der Waals surface area contributed by atoms with E-state index in [0.29, 0.717) is 17.0 Å². The monoisotopic (exact) mass is 420 g/mol. The Morgan fingerprint density at radius 2 is 2.26 bits per heavy atom. The van der Waals surface area contributed by atoms with Gasteiger partial charge in [0, 0.05) is 48.9 Å². The van der Waals surface area contributed by atoms with Crippen LogP contribution in [0.25, 0.3) is 0 Å². The molecule has 0 unspecified atom stereocenters. The number of nitrogens with one attached hydrogen (secondary N) is 1. The van der Waals surface area contributed by atoms with Crippen molar-refractivity contribution in [2.75, 3.05) is 18.4 Å². The van der Waals surface area contributed by atoms with Gasteiger partial charge in [0.05, 0.1) is 5.25 Å². The molecular weight excluding hydrogens is 400 g/mol. The maximum Gasteiger partial charge on any atom is 0.250 e. The third-order valence-electron chi connectivity index (χ3n) is 5.05. The first-order valence-electron chi connectivity index (χ1n) is 8.87. The first kappa shape index (κ1) is 18.6. The summed E-state index contributed by atoms with van der Waals surface area (Å²) in [6.07, 6.45) is 2.76. The normalized spacial score (nSPS) is 22.0. The highest BCUT2D eigenvalue weighted by atomic mass is 32.2. The Bertz CT molecular complexity index is 912. The molecule has 2 aliphatic heterocycles. The van der Waals surface area contributed by atoms with E-state index in [-0.39, 0.29) is 16.7 Å². The summed E-state index contributed by atoms with van der Waals surface area (Å²) >= 11 is 8.46. The number of thiocarbonyl (C=S) groups is 1. The van der Waals surface area contributed by atoms with Crippen LogP contribution < -0.4 is 10.9 Å². The maximum atomic E-state index is 12.3. The van der Waals surface area contributed by atoms with Crippen molar-refractivity contribution in [3.05, 3.63) is 45.8 Å². The van der Waals surface area contributed by atoms with Crippen LogP contribution in [0.3, 0.4) is 0 Å². The average molecular weight is 421 g/mol. The molecule has 3 atom stereocenters. The molecule has 0 saturated carbocycles. The Kier molecular flexibility index (Phi) is 5.34. The number of thioether (sulfide) groups is 1. The van der Waals surface area contributed by atoms with Crippen LogP contribution in [0.4, 0.5) is 5.13 Å². The Hall–Kier alpha value is -1.71. The molecule has 1 saturated heterocycles. The lowest BCUT2D eigenvalue weighted by molar-refractivity contribution is -0.115. The van der Waals surface area contributed by atoms with Crippen molar-refractivity contribution in [3.8, 4) is 0 Å². The van der Waals surface area contributed by atoms with Gasteiger partial charge in [0.1, 0.15) is 4.32 Å². The number of carbonyl (C=O) groups is 1. The number of nitrogens with zero attached hydrogens (tertiary/aromatic N) is 3. The fourth-order valence-electron chi connectivity index (χ4n) is 3.82. The van der Waals surface area contributed by atoms with Gasteiger partial charge in [-0.15, -0.1) is 11.3 Å². The molecule has 6 nitrogen and oxygen atoms in total. The number of thiazole rings is 1. The molecule has 9 heteroatoms. The number of fused-ring (bicyclic) bond motifs is 4. The summed E-state index contributed by atoms with van der Waals surface area (Å²) in [5, 5.41) is 4.96. The van der Waals surface area contributed by atoms with Crippen LogP contribution in [0.2, 0.25) is 0 Å². The molecule has 2 aromatic heterocycles. The van der Waals surface area contributed by atoms with Crippen LogP contribution in [0.15, 0.2) is 34.6 Å². The third kappa shape index (κ3) is 3.95. The van der Waals surface area contributed by atoms with E-state index < -0.39 is 0 Å². The zero-order valence-electron chi connectivity index (χ0n) is 14.8. The minimum atomic E-state index is -0.293. The Morgan fingerprint density at radius 3 is 3.04 bits per heavy atom. The maximum absolute atomic E-state index is 12.3. The van der Waals surface area contributed by atoms with Gasteiger partial charge in [-0.05, 0) is 25.3 Å². The zero-order chi connectivity index (χ0) is 19.0. The number of piperidine rings is 1. The number of likely N-dealkylation sites (tertiary alicyclic amines) is 1. The van der Waals surface area contributed by atoms with Crippen molar-refractivity contribution in [3.63, 3.8) is 0 Å². The molecule has 142 valence electrons. The topological polar surface area (TPSA) is 67.2 Å². The van der Waals surface area contributed by atoms with Crippen LogP contribution in [0.1, 0.15) is 25.0 Å². The van der Waals surface area contributed by atoms with Crippen molar-refractivity contribution in [2.24, 2.45) is 5.92 Å². The minimum Gasteiger partial charge on any atom is -0.356 e. The molecule has 1 amide bonds. The molecule has 27 heavy (non-hydrogen) atoms. The van der Waals surface area contributed by atoms with Crippen molar-refractivity contribution in [2.45, 2.75) is 31.1 Å². The summed E-state index contributed by atoms with van der Waals surface area (Å²) in [5.41, 5.74) is 1.19. The summed E-state index contributed by atoms with van der Waals surface area (Å²) in [5.74, 6) is 0.630. The van der Waals surface area contributed by atoms with Gasteiger partial charge in [-0.1, -0.05) is 30.0 Å². The molecule has 0 aliphatic carbocycles. The molecule has 2 bridgehead atoms. The van der Waals surface area contributed by atoms with E-state index in [1.165, 1.54) is 23.1 Å². The van der Waals surface area contributed by atoms with Crippen molar-refractivity contribution in [1.29, 1.82) is 0 Å². The number of hydrogen-bond acceptors (Lipinski definition) is 6. The summed E-state index contributed by atoms with van der Waals surface area (Å²) < 4.78 is 2.66. The zero-order valence-corrected chi connectivity index (χ0v) is 17.3. The summed E-state index contributed by atoms with van der Waals surface area (Å²) in [6.45, 7) is 4.24. The van der Waals surface area contributed by atoms with Gasteiger partial charge in [-0.2, -0.15) is 0 Å². The largest absolute Gasteiger partial charge is 0.356 e. The average Bonchev–Trinajstić information content (AvgIpc) is 3.15. The highest BCUT2D eigenvalue weighted by Gasteiger charge is 2.35. The Morgan fingerprint density at radius 1 is 1.41 bits per heavy atom. The number of aromatic nitrogens is 2. The number of carbonyl (C=O) groups excluding carboxylic acids is 1. The van der Waals surface area contributed by atoms with Gasteiger partial charge in [0.15, 0.2) is 5.13 Å². The lowest BCUT2D eigenvalue weighted by Crippen LogP contribution is -2.48. The van der Waals surface area contributed by atoms with Crippen molar-refractivity contribution in [1.82, 2.24) is 14.5 Å². The van der Waals surface area contributed by atoms with E-state index in [1.807, 2.05) is 29.0 Å². The van der Waals surface area contributed by atoms with E-state index in [2.05, 4.69) is 15.2 Å². The lowest BCUT2D eigenvalue weighted by atomic mass is 9.83. The second-order valence-corrected chi connectivity index (χ2v) is 9.82. The molecule has 2 aromatic rings. The molecule has 0 aromatic carbocycles. The Labute approximate surface area is 171 Å². The van der Waals surface area contributed by atoms with Crippen LogP contribution in [0, 0.1) is 5.92 Å². The quantitative estimate of drug-likeness (QED) is 0.771. The molecule has 2 aliphatic rings. The Balaban J connectivity index is 1.40. The predicted octanol–water partition coefficient (Wildman–Crippen LogP) is 2.77. The number of anilines is 1. The standard InChI is InChI=1S/C18H20N4O2S3/c1-11(16(24)20-17-19-5-6-26-17)27-18(25)21-8-12-7-13(10-21)14-3-2-4-15(23)22(14)9-12/h2-6,11-13H,7-10H2,1H3,(H,19,20,24)/t11-,12+,13-/m0/s1. The van der Waals surface area contributed by atoms with Crippen molar-refractivity contribution >= 4 is 50.7 Å². The van der Waals surface area contributed by atoms with Gasteiger partial charge in [0.25, 0.3) is 5.56 Å². The molecule has 0 radical (unpaired) electrons. The first-order valence-corrected chi connectivity index (χ1v) is 11.0. The van der Waals surface area contributed by atoms with Gasteiger partial charge >= 0.3 is 0 Å². The fourth-order valence-corrected chi connectivity index (χ4v) is 5.70. The second-order valence-electron chi connectivity index (χ2n) is 6.96. The summed E-state index contributed by atoms with van der Waals surface area (Å²) in [6, 6.07) is 5.52. The molecule has 1 fully saturated rings. The van der Waals surface area contributed by atoms with Crippen LogP contribution in [0.5, 0.6) is 0 Å². The third-order valence-corrected chi connectivity index (χ3v) is 7.31. The predicted molar refractivity (Wildman–Crippen MR) is 114 cm³/mol. The van der Waals surface area contributed by atoms with E-state index in [0.717, 1.165) is 36.1 Å². The van der Waals surface area contributed by atoms with Crippen LogP contribution in [-0.2, 0) is 11.3 Å². The molecule has 4 rings (SSSR count). The second kappa shape index (κ2) is 7.73. The van der Waals surface area contributed by atoms with Gasteiger partial charge in [-0.25, -0.2) is 4.98 Å². The van der Waals surface area contributed by atoms with E-state index in [1.54, 1.807) is 12.3 Å². The van der Waals surface area contributed by atoms with Gasteiger partial charge < -0.3 is 14.8 Å². The van der Waals surface area contributed by atoms with Crippen molar-refractivity contribution < 1.29 is 4.79 Å². The minimum absolute atomic E-state index is 0.0834. The summed E-state index contributed by atoms with van der Waals surface area (Å²) in [4.78, 5) is 30.8. The number of pyridine rings is 1. The first-order chi connectivity index (χ1) is 13.0. The highest BCUT2D eigenvalue weighted by Crippen LogP contribution is 2.36. The lowest BCUT2D eigenvalue weighted by Gasteiger charge is -2.43.